The van der Waals surface area contributed by atoms with Crippen molar-refractivity contribution in [2.45, 2.75) is 25.3 Å². The second-order valence-corrected chi connectivity index (χ2v) is 8.45. The Morgan fingerprint density at radius 2 is 1.71 bits per heavy atom. The van der Waals surface area contributed by atoms with Crippen LogP contribution in [0, 0.1) is 0 Å². The smallest absolute Gasteiger partial charge is 0.423 e. The van der Waals surface area contributed by atoms with Crippen molar-refractivity contribution in [3.8, 4) is 0 Å². The first-order chi connectivity index (χ1) is 11.5. The highest BCUT2D eigenvalue weighted by molar-refractivity contribution is 6.60. The lowest BCUT2D eigenvalue weighted by Crippen LogP contribution is -2.43. The molecule has 0 aliphatic rings. The van der Waals surface area contributed by atoms with Crippen LogP contribution in [0.25, 0.3) is 0 Å². The van der Waals surface area contributed by atoms with E-state index in [0.717, 1.165) is 12.0 Å². The summed E-state index contributed by atoms with van der Waals surface area (Å²) in [6.45, 7) is 0.541. The minimum absolute atomic E-state index is 0.0270. The van der Waals surface area contributed by atoms with Crippen molar-refractivity contribution >= 4 is 27.3 Å². The van der Waals surface area contributed by atoms with E-state index in [2.05, 4.69) is 5.32 Å². The highest BCUT2D eigenvalue weighted by atomic mass is 28.4. The van der Waals surface area contributed by atoms with Gasteiger partial charge in [0, 0.05) is 40.3 Å². The van der Waals surface area contributed by atoms with Crippen LogP contribution in [0.5, 0.6) is 0 Å². The summed E-state index contributed by atoms with van der Waals surface area (Å²) in [7, 11) is 0.669. The molecule has 0 unspecified atom stereocenters. The zero-order chi connectivity index (χ0) is 18.0. The van der Waals surface area contributed by atoms with Crippen molar-refractivity contribution in [1.29, 1.82) is 0 Å². The molecule has 0 saturated heterocycles. The van der Waals surface area contributed by atoms with Crippen molar-refractivity contribution < 1.29 is 28.1 Å². The third kappa shape index (κ3) is 6.72. The molecule has 0 fully saturated rings. The van der Waals surface area contributed by atoms with Gasteiger partial charge >= 0.3 is 15.9 Å². The van der Waals surface area contributed by atoms with Gasteiger partial charge in [0.1, 0.15) is 0 Å². The number of rotatable bonds is 11. The number of amides is 1. The molecule has 0 aromatic heterocycles. The first-order valence-corrected chi connectivity index (χ1v) is 9.76. The molecule has 1 rings (SSSR count). The summed E-state index contributed by atoms with van der Waals surface area (Å²) in [5.41, 5.74) is 1.41. The Hall–Kier alpha value is -1.23. The van der Waals surface area contributed by atoms with E-state index in [-0.39, 0.29) is 5.91 Å². The number of hydrogen-bond donors (Lipinski definition) is 3. The van der Waals surface area contributed by atoms with Gasteiger partial charge in [-0.15, -0.1) is 0 Å². The second kappa shape index (κ2) is 10.6. The van der Waals surface area contributed by atoms with Crippen LogP contribution in [0.4, 0.5) is 0 Å². The van der Waals surface area contributed by atoms with E-state index in [1.54, 1.807) is 45.6 Å². The zero-order valence-corrected chi connectivity index (χ0v) is 15.4. The van der Waals surface area contributed by atoms with Gasteiger partial charge in [0.25, 0.3) is 0 Å². The van der Waals surface area contributed by atoms with Crippen molar-refractivity contribution in [2.24, 2.45) is 0 Å². The summed E-state index contributed by atoms with van der Waals surface area (Å²) < 4.78 is 16.0. The summed E-state index contributed by atoms with van der Waals surface area (Å²) in [6.07, 6.45) is 1.69. The average molecular weight is 355 g/mol. The van der Waals surface area contributed by atoms with Crippen LogP contribution in [0.3, 0.4) is 0 Å². The minimum Gasteiger partial charge on any atom is -0.423 e. The van der Waals surface area contributed by atoms with Gasteiger partial charge < -0.3 is 28.6 Å². The molecule has 0 aliphatic heterocycles. The maximum absolute atomic E-state index is 11.9. The molecule has 1 aromatic carbocycles. The van der Waals surface area contributed by atoms with Crippen LogP contribution >= 0.6 is 0 Å². The molecule has 1 amide bonds. The fraction of sp³-hybridized carbons (Fsp3) is 0.533. The molecule has 3 N–H and O–H groups in total. The lowest BCUT2D eigenvalue weighted by molar-refractivity contribution is -0.121. The van der Waals surface area contributed by atoms with Crippen LogP contribution in [-0.2, 0) is 24.5 Å². The highest BCUT2D eigenvalue weighted by Crippen LogP contribution is 2.14. The Bertz CT molecular complexity index is 487. The second-order valence-electron chi connectivity index (χ2n) is 5.36. The molecule has 0 spiro atoms. The third-order valence-corrected chi connectivity index (χ3v) is 6.67. The summed E-state index contributed by atoms with van der Waals surface area (Å²) in [5.74, 6) is -0.0270. The van der Waals surface area contributed by atoms with E-state index >= 15 is 0 Å². The topological polar surface area (TPSA) is 97.3 Å². The highest BCUT2D eigenvalue weighted by Gasteiger charge is 2.36. The molecule has 9 heteroatoms. The van der Waals surface area contributed by atoms with Crippen LogP contribution < -0.4 is 10.8 Å². The third-order valence-electron chi connectivity index (χ3n) is 3.83. The number of aryl methyl sites for hydroxylation is 1. The maximum atomic E-state index is 11.9. The van der Waals surface area contributed by atoms with E-state index in [0.29, 0.717) is 30.9 Å². The molecule has 0 bridgehead atoms. The predicted octanol–water partition coefficient (Wildman–Crippen LogP) is -0.317. The van der Waals surface area contributed by atoms with E-state index in [1.165, 1.54) is 0 Å². The van der Waals surface area contributed by atoms with Crippen LogP contribution in [0.1, 0.15) is 18.4 Å². The van der Waals surface area contributed by atoms with Gasteiger partial charge in [-0.1, -0.05) is 24.3 Å². The molecule has 0 saturated carbocycles. The molecule has 0 radical (unpaired) electrons. The Labute approximate surface area is 144 Å². The molecule has 0 heterocycles. The molecular weight excluding hydrogens is 329 g/mol. The van der Waals surface area contributed by atoms with Gasteiger partial charge in [0.15, 0.2) is 0 Å². The molecule has 0 aliphatic carbocycles. The molecule has 24 heavy (non-hydrogen) atoms. The fourth-order valence-corrected chi connectivity index (χ4v) is 4.01. The lowest BCUT2D eigenvalue weighted by atomic mass is 9.80. The Kier molecular flexibility index (Phi) is 9.19. The normalized spacial score (nSPS) is 11.4. The van der Waals surface area contributed by atoms with Crippen LogP contribution in [0.2, 0.25) is 6.04 Å². The van der Waals surface area contributed by atoms with Gasteiger partial charge in [0.05, 0.1) is 0 Å². The minimum atomic E-state index is -2.57. The predicted molar refractivity (Wildman–Crippen MR) is 93.8 cm³/mol. The zero-order valence-electron chi connectivity index (χ0n) is 14.4. The molecule has 1 aromatic rings. The summed E-state index contributed by atoms with van der Waals surface area (Å²) in [5, 5.41) is 20.9. The van der Waals surface area contributed by atoms with Gasteiger partial charge in [-0.3, -0.25) is 4.79 Å². The van der Waals surface area contributed by atoms with Gasteiger partial charge in [-0.2, -0.15) is 0 Å². The summed E-state index contributed by atoms with van der Waals surface area (Å²) in [6, 6.07) is 7.50. The van der Waals surface area contributed by atoms with E-state index in [9.17, 15) is 4.79 Å². The largest absolute Gasteiger partial charge is 0.500 e. The van der Waals surface area contributed by atoms with Crippen molar-refractivity contribution in [2.75, 3.05) is 27.9 Å². The van der Waals surface area contributed by atoms with Gasteiger partial charge in [-0.05, 0) is 23.9 Å². The number of carbonyl (C=O) groups is 1. The molecule has 0 atom stereocenters. The number of hydrogen-bond acceptors (Lipinski definition) is 6. The SMILES string of the molecule is CO[Si](CCCNC(=O)CCc1ccc(B(O)O)cc1)(OC)OC. The van der Waals surface area contributed by atoms with E-state index in [4.69, 9.17) is 23.3 Å². The quantitative estimate of drug-likeness (QED) is 0.372. The van der Waals surface area contributed by atoms with Crippen molar-refractivity contribution in [3.63, 3.8) is 0 Å². The van der Waals surface area contributed by atoms with Crippen LogP contribution in [0.15, 0.2) is 24.3 Å². The lowest BCUT2D eigenvalue weighted by Gasteiger charge is -2.24. The summed E-state index contributed by atoms with van der Waals surface area (Å²) >= 11 is 0. The van der Waals surface area contributed by atoms with Gasteiger partial charge in [-0.25, -0.2) is 0 Å². The number of benzene rings is 1. The first kappa shape index (κ1) is 20.8. The maximum Gasteiger partial charge on any atom is 0.500 e. The Balaban J connectivity index is 2.27. The molecular formula is C15H26BNO6Si. The number of nitrogens with one attached hydrogen (secondary N) is 1. The Morgan fingerprint density at radius 3 is 2.21 bits per heavy atom. The fourth-order valence-electron chi connectivity index (χ4n) is 2.29. The van der Waals surface area contributed by atoms with E-state index in [1.807, 2.05) is 0 Å². The monoisotopic (exact) mass is 355 g/mol. The Morgan fingerprint density at radius 1 is 1.12 bits per heavy atom. The van der Waals surface area contributed by atoms with Gasteiger partial charge in [0.2, 0.25) is 5.91 Å². The van der Waals surface area contributed by atoms with Crippen molar-refractivity contribution in [3.05, 3.63) is 29.8 Å². The van der Waals surface area contributed by atoms with Crippen LogP contribution in [-0.4, -0.2) is 59.8 Å². The molecule has 134 valence electrons. The standard InChI is InChI=1S/C15H26BNO6Si/c1-21-24(22-2,23-3)12-4-11-17-15(18)10-7-13-5-8-14(9-6-13)16(19)20/h5-6,8-9,19-20H,4,7,10-12H2,1-3H3,(H,17,18). The first-order valence-electron chi connectivity index (χ1n) is 7.83. The number of carbonyl (C=O) groups excluding carboxylic acids is 1. The van der Waals surface area contributed by atoms with Crippen molar-refractivity contribution in [1.82, 2.24) is 5.32 Å². The average Bonchev–Trinajstić information content (AvgIpc) is 2.61. The van der Waals surface area contributed by atoms with E-state index < -0.39 is 15.9 Å². The summed E-state index contributed by atoms with van der Waals surface area (Å²) in [4.78, 5) is 11.9. The molecule has 7 nitrogen and oxygen atoms in total.